The van der Waals surface area contributed by atoms with E-state index in [4.69, 9.17) is 20.8 Å². The molecule has 0 saturated heterocycles. The Balaban J connectivity index is 2.24. The maximum Gasteiger partial charge on any atom is 0.193 e. The highest BCUT2D eigenvalue weighted by atomic mass is 35.5. The van der Waals surface area contributed by atoms with Crippen LogP contribution in [0.2, 0.25) is 5.22 Å². The molecule has 0 bridgehead atoms. The summed E-state index contributed by atoms with van der Waals surface area (Å²) in [5, 5.41) is 3.80. The minimum Gasteiger partial charge on any atom is -0.448 e. The van der Waals surface area contributed by atoms with Crippen LogP contribution in [0.1, 0.15) is 26.0 Å². The Kier molecular flexibility index (Phi) is 5.32. The van der Waals surface area contributed by atoms with Crippen molar-refractivity contribution in [3.05, 3.63) is 23.1 Å². The molecule has 3 nitrogen and oxygen atoms in total. The molecule has 1 rings (SSSR count). The summed E-state index contributed by atoms with van der Waals surface area (Å²) in [6, 6.07) is 3.64. The minimum absolute atomic E-state index is 0.229. The first-order valence-electron chi connectivity index (χ1n) is 5.47. The van der Waals surface area contributed by atoms with Crippen LogP contribution >= 0.6 is 11.6 Å². The van der Waals surface area contributed by atoms with E-state index in [9.17, 15) is 0 Å². The second kappa shape index (κ2) is 6.28. The molecular formula is C12H20ClNO2. The third-order valence-corrected chi connectivity index (χ3v) is 2.72. The average Bonchev–Trinajstić information content (AvgIpc) is 2.61. The van der Waals surface area contributed by atoms with Gasteiger partial charge < -0.3 is 14.5 Å². The summed E-state index contributed by atoms with van der Waals surface area (Å²) in [6.45, 7) is 6.86. The monoisotopic (exact) mass is 245 g/mol. The topological polar surface area (TPSA) is 34.4 Å². The Morgan fingerprint density at radius 2 is 2.19 bits per heavy atom. The number of hydrogen-bond donors (Lipinski definition) is 1. The fraction of sp³-hybridized carbons (Fsp3) is 0.667. The van der Waals surface area contributed by atoms with Crippen molar-refractivity contribution in [2.24, 2.45) is 5.41 Å². The highest BCUT2D eigenvalue weighted by Crippen LogP contribution is 2.19. The summed E-state index contributed by atoms with van der Waals surface area (Å²) in [6.07, 6.45) is 1.04. The molecule has 1 aromatic rings. The smallest absolute Gasteiger partial charge is 0.193 e. The van der Waals surface area contributed by atoms with Crippen LogP contribution in [0.4, 0.5) is 0 Å². The number of nitrogens with one attached hydrogen (secondary N) is 1. The largest absolute Gasteiger partial charge is 0.448 e. The lowest BCUT2D eigenvalue weighted by Gasteiger charge is -2.24. The van der Waals surface area contributed by atoms with Gasteiger partial charge in [0.05, 0.1) is 6.54 Å². The zero-order chi connectivity index (χ0) is 12.0. The molecule has 0 unspecified atom stereocenters. The van der Waals surface area contributed by atoms with E-state index < -0.39 is 0 Å². The molecule has 0 fully saturated rings. The first-order chi connectivity index (χ1) is 7.53. The van der Waals surface area contributed by atoms with Crippen molar-refractivity contribution < 1.29 is 9.15 Å². The van der Waals surface area contributed by atoms with Gasteiger partial charge in [0, 0.05) is 20.3 Å². The van der Waals surface area contributed by atoms with E-state index in [-0.39, 0.29) is 5.41 Å². The van der Waals surface area contributed by atoms with E-state index in [0.29, 0.717) is 11.8 Å². The van der Waals surface area contributed by atoms with Gasteiger partial charge in [0.25, 0.3) is 0 Å². The quantitative estimate of drug-likeness (QED) is 0.802. The summed E-state index contributed by atoms with van der Waals surface area (Å²) in [5.41, 5.74) is 0.229. The van der Waals surface area contributed by atoms with Crippen LogP contribution in [-0.4, -0.2) is 20.3 Å². The predicted molar refractivity (Wildman–Crippen MR) is 65.7 cm³/mol. The Morgan fingerprint density at radius 3 is 2.75 bits per heavy atom. The second-order valence-electron chi connectivity index (χ2n) is 4.72. The van der Waals surface area contributed by atoms with Gasteiger partial charge in [-0.05, 0) is 35.6 Å². The molecule has 0 amide bonds. The summed E-state index contributed by atoms with van der Waals surface area (Å²) < 4.78 is 10.3. The van der Waals surface area contributed by atoms with Gasteiger partial charge in [0.2, 0.25) is 0 Å². The van der Waals surface area contributed by atoms with Crippen molar-refractivity contribution in [2.75, 3.05) is 20.3 Å². The Morgan fingerprint density at radius 1 is 1.44 bits per heavy atom. The van der Waals surface area contributed by atoms with Crippen LogP contribution in [-0.2, 0) is 11.3 Å². The molecule has 92 valence electrons. The van der Waals surface area contributed by atoms with E-state index in [1.807, 2.05) is 6.07 Å². The molecule has 1 aromatic heterocycles. The Labute approximate surface area is 102 Å². The first kappa shape index (κ1) is 13.6. The molecule has 1 N–H and O–H groups in total. The van der Waals surface area contributed by atoms with Crippen LogP contribution in [0, 0.1) is 5.41 Å². The van der Waals surface area contributed by atoms with Gasteiger partial charge in [0.15, 0.2) is 5.22 Å². The first-order valence-corrected chi connectivity index (χ1v) is 5.85. The molecule has 0 aliphatic rings. The Bertz CT molecular complexity index is 310. The van der Waals surface area contributed by atoms with Gasteiger partial charge in [0.1, 0.15) is 5.76 Å². The highest BCUT2D eigenvalue weighted by molar-refractivity contribution is 6.28. The van der Waals surface area contributed by atoms with Crippen molar-refractivity contribution in [1.29, 1.82) is 0 Å². The van der Waals surface area contributed by atoms with Gasteiger partial charge in [-0.25, -0.2) is 0 Å². The number of halogens is 1. The minimum atomic E-state index is 0.229. The van der Waals surface area contributed by atoms with Crippen LogP contribution < -0.4 is 5.32 Å². The molecule has 0 saturated carbocycles. The summed E-state index contributed by atoms with van der Waals surface area (Å²) in [4.78, 5) is 0. The van der Waals surface area contributed by atoms with Crippen molar-refractivity contribution in [3.8, 4) is 0 Å². The molecule has 4 heteroatoms. The van der Waals surface area contributed by atoms with E-state index in [2.05, 4.69) is 19.2 Å². The van der Waals surface area contributed by atoms with Crippen LogP contribution in [0.3, 0.4) is 0 Å². The van der Waals surface area contributed by atoms with Crippen molar-refractivity contribution in [1.82, 2.24) is 5.32 Å². The lowest BCUT2D eigenvalue weighted by Crippen LogP contribution is -2.30. The molecule has 1 heterocycles. The average molecular weight is 246 g/mol. The van der Waals surface area contributed by atoms with Gasteiger partial charge in [-0.15, -0.1) is 0 Å². The molecular weight excluding hydrogens is 226 g/mol. The number of methoxy groups -OCH3 is 1. The van der Waals surface area contributed by atoms with Crippen molar-refractivity contribution in [2.45, 2.75) is 26.8 Å². The highest BCUT2D eigenvalue weighted by Gasteiger charge is 2.16. The third kappa shape index (κ3) is 5.01. The molecule has 0 aromatic carbocycles. The molecule has 16 heavy (non-hydrogen) atoms. The Hall–Kier alpha value is -0.510. The molecule has 0 aliphatic heterocycles. The molecule has 0 radical (unpaired) electrons. The van der Waals surface area contributed by atoms with Crippen LogP contribution in [0.15, 0.2) is 16.5 Å². The summed E-state index contributed by atoms with van der Waals surface area (Å²) in [7, 11) is 1.73. The predicted octanol–water partition coefficient (Wildman–Crippen LogP) is 3.09. The van der Waals surface area contributed by atoms with Crippen molar-refractivity contribution >= 4 is 11.6 Å². The fourth-order valence-corrected chi connectivity index (χ4v) is 1.60. The molecule has 0 aliphatic carbocycles. The van der Waals surface area contributed by atoms with Crippen LogP contribution in [0.5, 0.6) is 0 Å². The number of hydrogen-bond acceptors (Lipinski definition) is 3. The van der Waals surface area contributed by atoms with Gasteiger partial charge in [-0.3, -0.25) is 0 Å². The zero-order valence-electron chi connectivity index (χ0n) is 10.2. The standard InChI is InChI=1S/C12H20ClNO2/c1-12(2,6-7-15-3)9-14-8-10-4-5-11(13)16-10/h4-5,14H,6-9H2,1-3H3. The lowest BCUT2D eigenvalue weighted by atomic mass is 9.90. The fourth-order valence-electron chi connectivity index (χ4n) is 1.44. The summed E-state index contributed by atoms with van der Waals surface area (Å²) >= 11 is 5.69. The normalized spacial score (nSPS) is 12.0. The lowest BCUT2D eigenvalue weighted by molar-refractivity contribution is 0.150. The molecule has 0 atom stereocenters. The second-order valence-corrected chi connectivity index (χ2v) is 5.09. The number of furan rings is 1. The van der Waals surface area contributed by atoms with Crippen molar-refractivity contribution in [3.63, 3.8) is 0 Å². The van der Waals surface area contributed by atoms with Gasteiger partial charge >= 0.3 is 0 Å². The van der Waals surface area contributed by atoms with E-state index in [1.165, 1.54) is 0 Å². The van der Waals surface area contributed by atoms with Gasteiger partial charge in [-0.1, -0.05) is 13.8 Å². The third-order valence-electron chi connectivity index (χ3n) is 2.51. The maximum atomic E-state index is 5.69. The number of rotatable bonds is 7. The molecule has 0 spiro atoms. The van der Waals surface area contributed by atoms with Gasteiger partial charge in [-0.2, -0.15) is 0 Å². The number of ether oxygens (including phenoxy) is 1. The van der Waals surface area contributed by atoms with Crippen LogP contribution in [0.25, 0.3) is 0 Å². The SMILES string of the molecule is COCCC(C)(C)CNCc1ccc(Cl)o1. The zero-order valence-corrected chi connectivity index (χ0v) is 10.9. The van der Waals surface area contributed by atoms with E-state index in [0.717, 1.165) is 25.3 Å². The maximum absolute atomic E-state index is 5.69. The summed E-state index contributed by atoms with van der Waals surface area (Å²) in [5.74, 6) is 0.868. The van der Waals surface area contributed by atoms with E-state index in [1.54, 1.807) is 13.2 Å². The van der Waals surface area contributed by atoms with E-state index >= 15 is 0 Å².